The van der Waals surface area contributed by atoms with Crippen LogP contribution in [0.2, 0.25) is 0 Å². The molecule has 1 nitrogen and oxygen atoms in total. The van der Waals surface area contributed by atoms with Crippen molar-refractivity contribution in [1.29, 1.82) is 0 Å². The predicted octanol–water partition coefficient (Wildman–Crippen LogP) is 2.82. The van der Waals surface area contributed by atoms with E-state index in [1.165, 1.54) is 0 Å². The minimum Gasteiger partial charge on any atom is -0.325 e. The van der Waals surface area contributed by atoms with Crippen LogP contribution >= 0.6 is 11.3 Å². The molecule has 0 aliphatic carbocycles. The lowest BCUT2D eigenvalue weighted by atomic mass is 10.3. The fourth-order valence-electron chi connectivity index (χ4n) is 0.787. The Morgan fingerprint density at radius 2 is 1.57 bits per heavy atom. The number of hydrogen-bond acceptors (Lipinski definition) is 2. The molecule has 0 atom stereocenters. The molecular formula is C7H6F5NS. The van der Waals surface area contributed by atoms with Crippen LogP contribution in [0.1, 0.15) is 9.75 Å². The molecule has 7 heteroatoms. The van der Waals surface area contributed by atoms with Crippen LogP contribution in [0.15, 0.2) is 12.1 Å². The summed E-state index contributed by atoms with van der Waals surface area (Å²) in [6.45, 7) is -0.995. The van der Waals surface area contributed by atoms with E-state index >= 15 is 0 Å². The van der Waals surface area contributed by atoms with E-state index in [9.17, 15) is 22.0 Å². The fourth-order valence-corrected chi connectivity index (χ4v) is 1.64. The van der Waals surface area contributed by atoms with Gasteiger partial charge in [-0.1, -0.05) is 0 Å². The first-order valence-corrected chi connectivity index (χ1v) is 4.34. The van der Waals surface area contributed by atoms with Crippen LogP contribution in [-0.4, -0.2) is 6.54 Å². The highest BCUT2D eigenvalue weighted by molar-refractivity contribution is 7.12. The molecule has 0 bridgehead atoms. The van der Waals surface area contributed by atoms with Gasteiger partial charge in [0.15, 0.2) is 0 Å². The molecule has 80 valence electrons. The first-order valence-electron chi connectivity index (χ1n) is 3.53. The van der Waals surface area contributed by atoms with Gasteiger partial charge in [0.2, 0.25) is 0 Å². The minimum absolute atomic E-state index is 0.0163. The molecule has 0 aliphatic heterocycles. The van der Waals surface area contributed by atoms with Gasteiger partial charge in [0.25, 0.3) is 5.92 Å². The molecule has 0 unspecified atom stereocenters. The number of nitrogens with two attached hydrogens (primary N) is 1. The molecule has 0 aliphatic rings. The second-order valence-corrected chi connectivity index (χ2v) is 3.65. The van der Waals surface area contributed by atoms with Crippen LogP contribution < -0.4 is 5.73 Å². The maximum absolute atomic E-state index is 12.8. The summed E-state index contributed by atoms with van der Waals surface area (Å²) in [6.07, 6.45) is -4.58. The average molecular weight is 231 g/mol. The topological polar surface area (TPSA) is 26.0 Å². The Morgan fingerprint density at radius 1 is 1.07 bits per heavy atom. The molecule has 1 aromatic heterocycles. The molecule has 2 N–H and O–H groups in total. The van der Waals surface area contributed by atoms with Gasteiger partial charge in [-0.2, -0.15) is 22.0 Å². The molecule has 0 spiro atoms. The Labute approximate surface area is 80.3 Å². The third-order valence-corrected chi connectivity index (χ3v) is 2.74. The van der Waals surface area contributed by atoms with E-state index in [4.69, 9.17) is 5.73 Å². The minimum atomic E-state index is -4.58. The monoisotopic (exact) mass is 231 g/mol. The molecule has 1 rings (SSSR count). The summed E-state index contributed by atoms with van der Waals surface area (Å²) in [5, 5.41) is 0. The standard InChI is InChI=1S/C7H6F5NS/c8-6(9,3-13)4-1-2-5(14-4)7(10,11)12/h1-2H,3,13H2. The Bertz CT molecular complexity index is 316. The highest BCUT2D eigenvalue weighted by atomic mass is 32.1. The second kappa shape index (κ2) is 3.47. The van der Waals surface area contributed by atoms with Gasteiger partial charge >= 0.3 is 6.18 Å². The molecule has 1 heterocycles. The second-order valence-electron chi connectivity index (χ2n) is 2.57. The summed E-state index contributed by atoms with van der Waals surface area (Å²) >= 11 is 0.0163. The molecule has 0 amide bonds. The van der Waals surface area contributed by atoms with Crippen molar-refractivity contribution in [2.24, 2.45) is 5.73 Å². The summed E-state index contributed by atoms with van der Waals surface area (Å²) < 4.78 is 61.7. The van der Waals surface area contributed by atoms with Crippen molar-refractivity contribution in [3.63, 3.8) is 0 Å². The number of alkyl halides is 5. The molecule has 1 aromatic rings. The highest BCUT2D eigenvalue weighted by Gasteiger charge is 2.37. The Kier molecular flexibility index (Phi) is 2.82. The molecule has 14 heavy (non-hydrogen) atoms. The van der Waals surface area contributed by atoms with Crippen LogP contribution in [0.3, 0.4) is 0 Å². The smallest absolute Gasteiger partial charge is 0.325 e. The van der Waals surface area contributed by atoms with E-state index < -0.39 is 28.4 Å². The zero-order valence-electron chi connectivity index (χ0n) is 6.74. The van der Waals surface area contributed by atoms with Crippen molar-refractivity contribution in [3.05, 3.63) is 21.9 Å². The lowest BCUT2D eigenvalue weighted by Crippen LogP contribution is -2.23. The summed E-state index contributed by atoms with van der Waals surface area (Å²) in [7, 11) is 0. The number of rotatable bonds is 2. The van der Waals surface area contributed by atoms with Gasteiger partial charge in [0, 0.05) is 0 Å². The van der Waals surface area contributed by atoms with Crippen molar-refractivity contribution in [2.75, 3.05) is 6.54 Å². The van der Waals surface area contributed by atoms with Gasteiger partial charge < -0.3 is 5.73 Å². The van der Waals surface area contributed by atoms with Gasteiger partial charge in [-0.05, 0) is 12.1 Å². The van der Waals surface area contributed by atoms with E-state index in [0.717, 1.165) is 6.07 Å². The van der Waals surface area contributed by atoms with Crippen molar-refractivity contribution >= 4 is 11.3 Å². The first kappa shape index (κ1) is 11.4. The normalized spacial score (nSPS) is 13.3. The predicted molar refractivity (Wildman–Crippen MR) is 42.3 cm³/mol. The lowest BCUT2D eigenvalue weighted by Gasteiger charge is -2.10. The summed E-state index contributed by atoms with van der Waals surface area (Å²) in [6, 6.07) is 1.38. The van der Waals surface area contributed by atoms with Gasteiger partial charge in [-0.15, -0.1) is 11.3 Å². The van der Waals surface area contributed by atoms with Crippen molar-refractivity contribution in [1.82, 2.24) is 0 Å². The molecule has 0 aromatic carbocycles. The summed E-state index contributed by atoms with van der Waals surface area (Å²) in [4.78, 5) is -1.70. The Morgan fingerprint density at radius 3 is 1.93 bits per heavy atom. The van der Waals surface area contributed by atoms with E-state index in [0.29, 0.717) is 6.07 Å². The molecular weight excluding hydrogens is 225 g/mol. The summed E-state index contributed by atoms with van der Waals surface area (Å²) in [5.74, 6) is -3.38. The number of hydrogen-bond donors (Lipinski definition) is 1. The fraction of sp³-hybridized carbons (Fsp3) is 0.429. The Balaban J connectivity index is 3.00. The average Bonchev–Trinajstić information content (AvgIpc) is 2.51. The zero-order chi connectivity index (χ0) is 11.0. The van der Waals surface area contributed by atoms with E-state index in [-0.39, 0.29) is 11.3 Å². The Hall–Kier alpha value is -0.690. The summed E-state index contributed by atoms with van der Waals surface area (Å²) in [5.41, 5.74) is 4.73. The van der Waals surface area contributed by atoms with Crippen LogP contribution in [0.5, 0.6) is 0 Å². The van der Waals surface area contributed by atoms with Crippen LogP contribution in [0.4, 0.5) is 22.0 Å². The number of halogens is 5. The largest absolute Gasteiger partial charge is 0.425 e. The molecule has 0 saturated carbocycles. The number of thiophene rings is 1. The maximum atomic E-state index is 12.8. The molecule has 0 radical (unpaired) electrons. The van der Waals surface area contributed by atoms with Crippen LogP contribution in [0.25, 0.3) is 0 Å². The van der Waals surface area contributed by atoms with Crippen molar-refractivity contribution in [2.45, 2.75) is 12.1 Å². The third-order valence-electron chi connectivity index (χ3n) is 1.50. The van der Waals surface area contributed by atoms with Crippen LogP contribution in [-0.2, 0) is 12.1 Å². The first-order chi connectivity index (χ1) is 6.27. The SMILES string of the molecule is NCC(F)(F)c1ccc(C(F)(F)F)s1. The van der Waals surface area contributed by atoms with Crippen molar-refractivity contribution in [3.8, 4) is 0 Å². The van der Waals surface area contributed by atoms with Crippen LogP contribution in [0, 0.1) is 0 Å². The third kappa shape index (κ3) is 2.21. The highest BCUT2D eigenvalue weighted by Crippen LogP contribution is 2.39. The molecule has 0 fully saturated rings. The van der Waals surface area contributed by atoms with Crippen molar-refractivity contribution < 1.29 is 22.0 Å². The van der Waals surface area contributed by atoms with Gasteiger partial charge in [-0.3, -0.25) is 0 Å². The molecule has 0 saturated heterocycles. The van der Waals surface area contributed by atoms with E-state index in [1.54, 1.807) is 0 Å². The van der Waals surface area contributed by atoms with E-state index in [1.807, 2.05) is 0 Å². The quantitative estimate of drug-likeness (QED) is 0.778. The van der Waals surface area contributed by atoms with Gasteiger partial charge in [-0.25, -0.2) is 0 Å². The lowest BCUT2D eigenvalue weighted by molar-refractivity contribution is -0.134. The maximum Gasteiger partial charge on any atom is 0.425 e. The van der Waals surface area contributed by atoms with Gasteiger partial charge in [0.1, 0.15) is 4.88 Å². The van der Waals surface area contributed by atoms with E-state index in [2.05, 4.69) is 0 Å². The zero-order valence-corrected chi connectivity index (χ0v) is 7.55. The van der Waals surface area contributed by atoms with Gasteiger partial charge in [0.05, 0.1) is 11.4 Å².